The van der Waals surface area contributed by atoms with Crippen LogP contribution in [0, 0.1) is 5.82 Å². The molecule has 2 rings (SSSR count). The number of rotatable bonds is 4. The van der Waals surface area contributed by atoms with Gasteiger partial charge in [-0.3, -0.25) is 0 Å². The number of halogens is 1. The standard InChI is InChI=1S/C12H10FNO2S2/c1-2-8-6-17-12(14-8)18-10-5-7(11(15)16)3-4-9(10)13/h3-6H,2H2,1H3,(H,15,16). The van der Waals surface area contributed by atoms with Crippen molar-refractivity contribution < 1.29 is 14.3 Å². The van der Waals surface area contributed by atoms with Crippen molar-refractivity contribution in [2.75, 3.05) is 0 Å². The Morgan fingerprint density at radius 3 is 2.94 bits per heavy atom. The SMILES string of the molecule is CCc1csc(Sc2cc(C(=O)O)ccc2F)n1. The maximum atomic E-state index is 13.6. The largest absolute Gasteiger partial charge is 0.478 e. The highest BCUT2D eigenvalue weighted by atomic mass is 32.2. The van der Waals surface area contributed by atoms with Crippen molar-refractivity contribution in [3.05, 3.63) is 40.7 Å². The molecular formula is C12H10FNO2S2. The molecule has 0 fully saturated rings. The van der Waals surface area contributed by atoms with Crippen LogP contribution in [0.3, 0.4) is 0 Å². The van der Waals surface area contributed by atoms with Gasteiger partial charge in [-0.25, -0.2) is 14.2 Å². The van der Waals surface area contributed by atoms with Gasteiger partial charge in [-0.15, -0.1) is 11.3 Å². The Morgan fingerprint density at radius 2 is 2.33 bits per heavy atom. The molecule has 18 heavy (non-hydrogen) atoms. The molecule has 1 heterocycles. The number of aryl methyl sites for hydroxylation is 1. The van der Waals surface area contributed by atoms with E-state index in [0.717, 1.165) is 23.9 Å². The Morgan fingerprint density at radius 1 is 1.56 bits per heavy atom. The van der Waals surface area contributed by atoms with E-state index in [1.54, 1.807) is 0 Å². The van der Waals surface area contributed by atoms with Gasteiger partial charge in [0.15, 0.2) is 4.34 Å². The molecule has 3 nitrogen and oxygen atoms in total. The van der Waals surface area contributed by atoms with Crippen LogP contribution in [-0.2, 0) is 6.42 Å². The summed E-state index contributed by atoms with van der Waals surface area (Å²) in [6, 6.07) is 3.75. The molecule has 0 aliphatic heterocycles. The molecule has 94 valence electrons. The number of hydrogen-bond donors (Lipinski definition) is 1. The van der Waals surface area contributed by atoms with Crippen molar-refractivity contribution in [2.45, 2.75) is 22.6 Å². The predicted molar refractivity (Wildman–Crippen MR) is 69.0 cm³/mol. The number of nitrogens with zero attached hydrogens (tertiary/aromatic N) is 1. The number of thiazole rings is 1. The van der Waals surface area contributed by atoms with Crippen molar-refractivity contribution in [1.82, 2.24) is 4.98 Å². The zero-order chi connectivity index (χ0) is 13.1. The molecule has 2 aromatic rings. The fourth-order valence-corrected chi connectivity index (χ4v) is 3.24. The molecular weight excluding hydrogens is 273 g/mol. The number of aromatic carboxylic acids is 1. The topological polar surface area (TPSA) is 50.2 Å². The highest BCUT2D eigenvalue weighted by molar-refractivity contribution is 8.01. The fourth-order valence-electron chi connectivity index (χ4n) is 1.31. The van der Waals surface area contributed by atoms with Crippen molar-refractivity contribution in [2.24, 2.45) is 0 Å². The summed E-state index contributed by atoms with van der Waals surface area (Å²) in [6.45, 7) is 2.00. The molecule has 0 saturated carbocycles. The highest BCUT2D eigenvalue weighted by Crippen LogP contribution is 2.32. The molecule has 1 N–H and O–H groups in total. The van der Waals surface area contributed by atoms with E-state index in [9.17, 15) is 9.18 Å². The first-order chi connectivity index (χ1) is 8.60. The van der Waals surface area contributed by atoms with Crippen molar-refractivity contribution >= 4 is 29.1 Å². The normalized spacial score (nSPS) is 10.6. The van der Waals surface area contributed by atoms with Crippen molar-refractivity contribution in [1.29, 1.82) is 0 Å². The molecule has 0 saturated heterocycles. The zero-order valence-corrected chi connectivity index (χ0v) is 11.1. The number of aromatic nitrogens is 1. The predicted octanol–water partition coefficient (Wildman–Crippen LogP) is 3.69. The van der Waals surface area contributed by atoms with E-state index >= 15 is 0 Å². The number of benzene rings is 1. The monoisotopic (exact) mass is 283 g/mol. The average Bonchev–Trinajstić information content (AvgIpc) is 2.79. The van der Waals surface area contributed by atoms with Gasteiger partial charge in [0, 0.05) is 5.38 Å². The van der Waals surface area contributed by atoms with E-state index in [0.29, 0.717) is 4.34 Å². The van der Waals surface area contributed by atoms with Crippen LogP contribution in [0.4, 0.5) is 4.39 Å². The van der Waals surface area contributed by atoms with E-state index < -0.39 is 11.8 Å². The molecule has 6 heteroatoms. The number of hydrogen-bond acceptors (Lipinski definition) is 4. The van der Waals surface area contributed by atoms with Crippen LogP contribution in [0.25, 0.3) is 0 Å². The van der Waals surface area contributed by atoms with Crippen molar-refractivity contribution in [3.8, 4) is 0 Å². The quantitative estimate of drug-likeness (QED) is 0.929. The smallest absolute Gasteiger partial charge is 0.335 e. The van der Waals surface area contributed by atoms with Gasteiger partial charge >= 0.3 is 5.97 Å². The van der Waals surface area contributed by atoms with Crippen LogP contribution in [0.2, 0.25) is 0 Å². The number of carboxylic acid groups (broad SMARTS) is 1. The summed E-state index contributed by atoms with van der Waals surface area (Å²) in [4.78, 5) is 15.4. The van der Waals surface area contributed by atoms with E-state index in [1.807, 2.05) is 12.3 Å². The maximum Gasteiger partial charge on any atom is 0.335 e. The summed E-state index contributed by atoms with van der Waals surface area (Å²) < 4.78 is 14.3. The lowest BCUT2D eigenvalue weighted by molar-refractivity contribution is 0.0696. The minimum Gasteiger partial charge on any atom is -0.478 e. The Bertz CT molecular complexity index is 583. The van der Waals surface area contributed by atoms with Gasteiger partial charge in [0.1, 0.15) is 5.82 Å². The Hall–Kier alpha value is -1.40. The number of carbonyl (C=O) groups is 1. The van der Waals surface area contributed by atoms with E-state index in [2.05, 4.69) is 4.98 Å². The highest BCUT2D eigenvalue weighted by Gasteiger charge is 2.11. The van der Waals surface area contributed by atoms with Crippen LogP contribution in [0.5, 0.6) is 0 Å². The Kier molecular flexibility index (Phi) is 3.98. The molecule has 0 bridgehead atoms. The molecule has 1 aromatic heterocycles. The summed E-state index contributed by atoms with van der Waals surface area (Å²) in [6.07, 6.45) is 0.828. The van der Waals surface area contributed by atoms with Crippen molar-refractivity contribution in [3.63, 3.8) is 0 Å². The maximum absolute atomic E-state index is 13.6. The molecule has 0 radical (unpaired) electrons. The molecule has 0 unspecified atom stereocenters. The minimum atomic E-state index is -1.06. The summed E-state index contributed by atoms with van der Waals surface area (Å²) in [5, 5.41) is 10.8. The Balaban J connectivity index is 2.27. The molecule has 0 amide bonds. The minimum absolute atomic E-state index is 0.0752. The second kappa shape index (κ2) is 5.49. The summed E-state index contributed by atoms with van der Waals surface area (Å²) in [7, 11) is 0. The van der Waals surface area contributed by atoms with E-state index in [-0.39, 0.29) is 10.5 Å². The first-order valence-electron chi connectivity index (χ1n) is 5.25. The lowest BCUT2D eigenvalue weighted by atomic mass is 10.2. The van der Waals surface area contributed by atoms with Crippen LogP contribution in [0.1, 0.15) is 23.0 Å². The van der Waals surface area contributed by atoms with Gasteiger partial charge in [0.25, 0.3) is 0 Å². The van der Waals surface area contributed by atoms with Crippen LogP contribution < -0.4 is 0 Å². The summed E-state index contributed by atoms with van der Waals surface area (Å²) in [5.41, 5.74) is 1.03. The summed E-state index contributed by atoms with van der Waals surface area (Å²) >= 11 is 2.58. The summed E-state index contributed by atoms with van der Waals surface area (Å²) in [5.74, 6) is -1.50. The molecule has 1 aromatic carbocycles. The van der Waals surface area contributed by atoms with Gasteiger partial charge in [0.2, 0.25) is 0 Å². The second-order valence-electron chi connectivity index (χ2n) is 3.51. The van der Waals surface area contributed by atoms with Crippen LogP contribution in [0.15, 0.2) is 32.8 Å². The van der Waals surface area contributed by atoms with Crippen LogP contribution >= 0.6 is 23.1 Å². The lowest BCUT2D eigenvalue weighted by Gasteiger charge is -2.01. The van der Waals surface area contributed by atoms with Crippen LogP contribution in [-0.4, -0.2) is 16.1 Å². The third-order valence-corrected chi connectivity index (χ3v) is 4.29. The second-order valence-corrected chi connectivity index (χ2v) is 5.66. The first kappa shape index (κ1) is 13.0. The van der Waals surface area contributed by atoms with Gasteiger partial charge in [0.05, 0.1) is 16.2 Å². The third kappa shape index (κ3) is 2.88. The third-order valence-electron chi connectivity index (χ3n) is 2.27. The van der Waals surface area contributed by atoms with E-state index in [1.165, 1.54) is 29.5 Å². The molecule has 0 aliphatic carbocycles. The lowest BCUT2D eigenvalue weighted by Crippen LogP contribution is -1.97. The van der Waals surface area contributed by atoms with Gasteiger partial charge in [-0.1, -0.05) is 18.7 Å². The zero-order valence-electron chi connectivity index (χ0n) is 9.51. The molecule has 0 spiro atoms. The number of carboxylic acids is 1. The molecule has 0 aliphatic rings. The van der Waals surface area contributed by atoms with Gasteiger partial charge < -0.3 is 5.11 Å². The van der Waals surface area contributed by atoms with Gasteiger partial charge in [-0.05, 0) is 24.6 Å². The Labute approximate surface area is 112 Å². The molecule has 0 atom stereocenters. The average molecular weight is 283 g/mol. The van der Waals surface area contributed by atoms with E-state index in [4.69, 9.17) is 5.11 Å². The fraction of sp³-hybridized carbons (Fsp3) is 0.167. The first-order valence-corrected chi connectivity index (χ1v) is 6.95. The van der Waals surface area contributed by atoms with Gasteiger partial charge in [-0.2, -0.15) is 0 Å².